The van der Waals surface area contributed by atoms with Crippen LogP contribution in [0.1, 0.15) is 28.9 Å². The molecule has 1 fully saturated rings. The lowest BCUT2D eigenvalue weighted by molar-refractivity contribution is -0.138. The van der Waals surface area contributed by atoms with Gasteiger partial charge in [-0.05, 0) is 56.3 Å². The lowest BCUT2D eigenvalue weighted by Gasteiger charge is -2.26. The molecule has 1 aliphatic heterocycles. The molecule has 3 aromatic rings. The largest absolute Gasteiger partial charge is 0.490 e. The Bertz CT molecular complexity index is 1300. The van der Waals surface area contributed by atoms with E-state index in [9.17, 15) is 22.8 Å². The maximum absolute atomic E-state index is 14.0. The molecule has 9 nitrogen and oxygen atoms in total. The highest BCUT2D eigenvalue weighted by Crippen LogP contribution is 2.42. The van der Waals surface area contributed by atoms with Gasteiger partial charge in [-0.1, -0.05) is 12.1 Å². The third kappa shape index (κ3) is 6.91. The summed E-state index contributed by atoms with van der Waals surface area (Å²) >= 11 is 0. The maximum Gasteiger partial charge on any atom is 0.421 e. The van der Waals surface area contributed by atoms with Crippen LogP contribution < -0.4 is 30.7 Å². The Morgan fingerprint density at radius 1 is 1.00 bits per heavy atom. The Balaban J connectivity index is 1.47. The first-order valence-electron chi connectivity index (χ1n) is 11.8. The number of aromatic nitrogens is 1. The molecule has 1 aromatic heterocycles. The van der Waals surface area contributed by atoms with Crippen molar-refractivity contribution < 1.29 is 32.2 Å². The van der Waals surface area contributed by atoms with Gasteiger partial charge >= 0.3 is 12.2 Å². The summed E-state index contributed by atoms with van der Waals surface area (Å²) in [5.41, 5.74) is -1.04. The molecule has 0 bridgehead atoms. The van der Waals surface area contributed by atoms with E-state index in [1.54, 1.807) is 24.3 Å². The fraction of sp³-hybridized carbons (Fsp3) is 0.269. The lowest BCUT2D eigenvalue weighted by Crippen LogP contribution is -2.34. The molecule has 0 saturated carbocycles. The van der Waals surface area contributed by atoms with Crippen molar-refractivity contribution in [2.24, 2.45) is 0 Å². The van der Waals surface area contributed by atoms with Crippen molar-refractivity contribution in [3.63, 3.8) is 0 Å². The molecule has 4 rings (SSSR count). The van der Waals surface area contributed by atoms with Crippen LogP contribution in [-0.2, 0) is 6.18 Å². The van der Waals surface area contributed by atoms with E-state index in [2.05, 4.69) is 26.3 Å². The van der Waals surface area contributed by atoms with Gasteiger partial charge in [0.15, 0.2) is 0 Å². The first kappa shape index (κ1) is 26.7. The molecule has 0 radical (unpaired) electrons. The van der Waals surface area contributed by atoms with Gasteiger partial charge in [-0.15, -0.1) is 0 Å². The third-order valence-electron chi connectivity index (χ3n) is 5.66. The molecule has 0 unspecified atom stereocenters. The predicted octanol–water partition coefficient (Wildman–Crippen LogP) is 5.03. The fourth-order valence-corrected chi connectivity index (χ4v) is 3.90. The van der Waals surface area contributed by atoms with E-state index < -0.39 is 23.5 Å². The number of hydrogen-bond donors (Lipinski definition) is 4. The fourth-order valence-electron chi connectivity index (χ4n) is 3.90. The van der Waals surface area contributed by atoms with E-state index in [1.807, 2.05) is 0 Å². The van der Waals surface area contributed by atoms with Crippen molar-refractivity contribution in [1.29, 1.82) is 0 Å². The zero-order valence-corrected chi connectivity index (χ0v) is 20.4. The topological polar surface area (TPSA) is 114 Å². The molecule has 38 heavy (non-hydrogen) atoms. The summed E-state index contributed by atoms with van der Waals surface area (Å²) in [6, 6.07) is 12.2. The maximum atomic E-state index is 14.0. The standard InChI is InChI=1S/C26H26F3N5O4/c1-30-24(35)21-15-19(10-13-32-21)37-18-5-2-4-16(14-18)33-25(36)34-20-6-3-7-22(23(20)26(27,28)29)38-17-8-11-31-12-9-17/h2-7,10,13-15,17,31H,8-9,11-12H2,1H3,(H,30,35)(H2,33,34,36). The van der Waals surface area contributed by atoms with E-state index in [0.717, 1.165) is 0 Å². The molecule has 2 heterocycles. The third-order valence-corrected chi connectivity index (χ3v) is 5.66. The molecule has 1 aliphatic rings. The number of piperidine rings is 1. The number of carbonyl (C=O) groups is 2. The van der Waals surface area contributed by atoms with Crippen LogP contribution in [0.15, 0.2) is 60.8 Å². The summed E-state index contributed by atoms with van der Waals surface area (Å²) < 4.78 is 53.4. The highest BCUT2D eigenvalue weighted by molar-refractivity contribution is 6.00. The number of pyridine rings is 1. The van der Waals surface area contributed by atoms with Crippen molar-refractivity contribution in [1.82, 2.24) is 15.6 Å². The van der Waals surface area contributed by atoms with Crippen LogP contribution in [0.4, 0.5) is 29.3 Å². The van der Waals surface area contributed by atoms with E-state index in [4.69, 9.17) is 9.47 Å². The quantitative estimate of drug-likeness (QED) is 0.342. The highest BCUT2D eigenvalue weighted by atomic mass is 19.4. The number of amides is 3. The number of carbonyl (C=O) groups excluding carboxylic acids is 2. The summed E-state index contributed by atoms with van der Waals surface area (Å²) in [7, 11) is 1.48. The number of alkyl halides is 3. The van der Waals surface area contributed by atoms with Gasteiger partial charge in [0.2, 0.25) is 0 Å². The summed E-state index contributed by atoms with van der Waals surface area (Å²) in [4.78, 5) is 28.4. The van der Waals surface area contributed by atoms with Gasteiger partial charge in [-0.25, -0.2) is 4.79 Å². The minimum atomic E-state index is -4.75. The molecular weight excluding hydrogens is 503 g/mol. The Kier molecular flexibility index (Phi) is 8.31. The van der Waals surface area contributed by atoms with Gasteiger partial charge in [-0.2, -0.15) is 13.2 Å². The van der Waals surface area contributed by atoms with Crippen LogP contribution in [-0.4, -0.2) is 43.2 Å². The average molecular weight is 530 g/mol. The Morgan fingerprint density at radius 3 is 2.47 bits per heavy atom. The number of nitrogens with zero attached hydrogens (tertiary/aromatic N) is 1. The number of halogens is 3. The van der Waals surface area contributed by atoms with Gasteiger partial charge < -0.3 is 30.7 Å². The first-order valence-corrected chi connectivity index (χ1v) is 11.8. The molecule has 4 N–H and O–H groups in total. The van der Waals surface area contributed by atoms with E-state index in [-0.39, 0.29) is 29.1 Å². The van der Waals surface area contributed by atoms with Crippen LogP contribution in [0.5, 0.6) is 17.2 Å². The lowest BCUT2D eigenvalue weighted by atomic mass is 10.1. The van der Waals surface area contributed by atoms with E-state index >= 15 is 0 Å². The average Bonchev–Trinajstić information content (AvgIpc) is 2.88. The van der Waals surface area contributed by atoms with Crippen LogP contribution in [0.25, 0.3) is 0 Å². The van der Waals surface area contributed by atoms with Gasteiger partial charge in [0.25, 0.3) is 5.91 Å². The minimum Gasteiger partial charge on any atom is -0.490 e. The molecular formula is C26H26F3N5O4. The number of hydrogen-bond acceptors (Lipinski definition) is 6. The summed E-state index contributed by atoms with van der Waals surface area (Å²) in [5, 5.41) is 10.4. The number of benzene rings is 2. The Morgan fingerprint density at radius 2 is 1.74 bits per heavy atom. The van der Waals surface area contributed by atoms with Crippen molar-refractivity contribution in [3.8, 4) is 17.2 Å². The Labute approximate surface area is 216 Å². The van der Waals surface area contributed by atoms with Crippen LogP contribution in [0, 0.1) is 0 Å². The minimum absolute atomic E-state index is 0.158. The molecule has 0 atom stereocenters. The van der Waals surface area contributed by atoms with Crippen molar-refractivity contribution >= 4 is 23.3 Å². The van der Waals surface area contributed by atoms with Crippen LogP contribution in [0.2, 0.25) is 0 Å². The smallest absolute Gasteiger partial charge is 0.421 e. The first-order chi connectivity index (χ1) is 18.2. The van der Waals surface area contributed by atoms with Gasteiger partial charge in [0, 0.05) is 31.1 Å². The van der Waals surface area contributed by atoms with E-state index in [1.165, 1.54) is 43.6 Å². The normalized spacial score (nSPS) is 13.9. The van der Waals surface area contributed by atoms with Gasteiger partial charge in [0.1, 0.15) is 34.6 Å². The number of anilines is 2. The Hall–Kier alpha value is -4.32. The van der Waals surface area contributed by atoms with Gasteiger partial charge in [-0.3, -0.25) is 9.78 Å². The molecule has 2 aromatic carbocycles. The molecule has 0 spiro atoms. The summed E-state index contributed by atoms with van der Waals surface area (Å²) in [5.74, 6) is -0.0529. The zero-order valence-electron chi connectivity index (χ0n) is 20.4. The number of nitrogens with one attached hydrogen (secondary N) is 4. The van der Waals surface area contributed by atoms with Crippen LogP contribution in [0.3, 0.4) is 0 Å². The second kappa shape index (κ2) is 11.8. The zero-order chi connectivity index (χ0) is 27.1. The van der Waals surface area contributed by atoms with Crippen molar-refractivity contribution in [2.45, 2.75) is 25.1 Å². The number of ether oxygens (including phenoxy) is 2. The van der Waals surface area contributed by atoms with Crippen LogP contribution >= 0.6 is 0 Å². The highest BCUT2D eigenvalue weighted by Gasteiger charge is 2.38. The second-order valence-corrected chi connectivity index (χ2v) is 8.41. The number of rotatable bonds is 7. The summed E-state index contributed by atoms with van der Waals surface area (Å²) in [6.45, 7) is 1.32. The number of urea groups is 1. The van der Waals surface area contributed by atoms with Crippen molar-refractivity contribution in [2.75, 3.05) is 30.8 Å². The molecule has 1 saturated heterocycles. The molecule has 0 aliphatic carbocycles. The molecule has 3 amide bonds. The molecule has 12 heteroatoms. The predicted molar refractivity (Wildman–Crippen MR) is 135 cm³/mol. The van der Waals surface area contributed by atoms with E-state index in [0.29, 0.717) is 37.4 Å². The van der Waals surface area contributed by atoms with Crippen molar-refractivity contribution in [3.05, 3.63) is 72.1 Å². The second-order valence-electron chi connectivity index (χ2n) is 8.41. The SMILES string of the molecule is CNC(=O)c1cc(Oc2cccc(NC(=O)Nc3cccc(OC4CCNCC4)c3C(F)(F)F)c2)ccn1. The van der Waals surface area contributed by atoms with Gasteiger partial charge in [0.05, 0.1) is 5.69 Å². The molecule has 200 valence electrons. The monoisotopic (exact) mass is 529 g/mol. The summed E-state index contributed by atoms with van der Waals surface area (Å²) in [6.07, 6.45) is -2.52.